The zero-order chi connectivity index (χ0) is 23.0. The number of likely N-dealkylation sites (N-methyl/N-ethyl adjacent to an activating group) is 1. The first-order chi connectivity index (χ1) is 16.0. The summed E-state index contributed by atoms with van der Waals surface area (Å²) < 4.78 is 5.73. The molecule has 3 atom stereocenters. The number of nitrogens with one attached hydrogen (secondary N) is 2. The van der Waals surface area contributed by atoms with E-state index in [0.29, 0.717) is 32.3 Å². The van der Waals surface area contributed by atoms with E-state index in [1.807, 2.05) is 42.5 Å². The molecule has 5 rings (SSSR count). The van der Waals surface area contributed by atoms with Gasteiger partial charge in [0.2, 0.25) is 11.8 Å². The molecule has 3 heterocycles. The maximum atomic E-state index is 13.1. The molecule has 33 heavy (non-hydrogen) atoms. The lowest BCUT2D eigenvalue weighted by atomic mass is 9.81. The van der Waals surface area contributed by atoms with Crippen molar-refractivity contribution >= 4 is 17.5 Å². The molecule has 2 aromatic rings. The summed E-state index contributed by atoms with van der Waals surface area (Å²) in [6.45, 7) is 1.32. The van der Waals surface area contributed by atoms with Gasteiger partial charge in [-0.15, -0.1) is 0 Å². The number of anilines is 1. The fraction of sp³-hybridized carbons (Fsp3) is 0.423. The zero-order valence-electron chi connectivity index (χ0n) is 18.8. The third-order valence-corrected chi connectivity index (χ3v) is 7.17. The van der Waals surface area contributed by atoms with E-state index in [-0.39, 0.29) is 17.9 Å². The van der Waals surface area contributed by atoms with Gasteiger partial charge in [-0.3, -0.25) is 9.59 Å². The molecule has 2 aromatic carbocycles. The van der Waals surface area contributed by atoms with Crippen molar-refractivity contribution in [3.8, 4) is 17.2 Å². The minimum atomic E-state index is -0.623. The number of hydrogen-bond acceptors (Lipinski definition) is 5. The summed E-state index contributed by atoms with van der Waals surface area (Å²) >= 11 is 0. The van der Waals surface area contributed by atoms with E-state index in [4.69, 9.17) is 4.74 Å². The maximum absolute atomic E-state index is 13.1. The minimum absolute atomic E-state index is 0.101. The first kappa shape index (κ1) is 21.6. The quantitative estimate of drug-likeness (QED) is 0.738. The summed E-state index contributed by atoms with van der Waals surface area (Å²) in [6, 6.07) is 15.8. The van der Waals surface area contributed by atoms with Crippen LogP contribution in [0.3, 0.4) is 0 Å². The van der Waals surface area contributed by atoms with Crippen molar-refractivity contribution in [2.75, 3.05) is 25.1 Å². The fourth-order valence-electron chi connectivity index (χ4n) is 5.17. The van der Waals surface area contributed by atoms with Crippen LogP contribution in [0.15, 0.2) is 42.5 Å². The molecule has 2 bridgehead atoms. The van der Waals surface area contributed by atoms with Gasteiger partial charge in [-0.25, -0.2) is 0 Å². The minimum Gasteiger partial charge on any atom is -0.378 e. The molecule has 0 aliphatic carbocycles. The number of benzene rings is 2. The van der Waals surface area contributed by atoms with E-state index in [2.05, 4.69) is 16.7 Å². The maximum Gasteiger partial charge on any atom is 0.241 e. The fourth-order valence-corrected chi connectivity index (χ4v) is 5.17. The van der Waals surface area contributed by atoms with Gasteiger partial charge in [-0.2, -0.15) is 5.26 Å². The Morgan fingerprint density at radius 2 is 2.09 bits per heavy atom. The van der Waals surface area contributed by atoms with Crippen molar-refractivity contribution in [2.24, 2.45) is 0 Å². The Bertz CT molecular complexity index is 1110. The molecule has 7 heteroatoms. The van der Waals surface area contributed by atoms with Gasteiger partial charge in [-0.05, 0) is 47.7 Å². The molecular weight excluding hydrogens is 416 g/mol. The SMILES string of the molecule is CN1C(=O)Cc2ccc(-c3ccc(C[C@@H](C#N)NC(=O)C45CCOC(CCN4)C5)cc3)cc21. The van der Waals surface area contributed by atoms with Crippen molar-refractivity contribution in [1.29, 1.82) is 5.26 Å². The normalized spacial score (nSPS) is 24.7. The monoisotopic (exact) mass is 444 g/mol. The van der Waals surface area contributed by atoms with Crippen molar-refractivity contribution in [3.05, 3.63) is 53.6 Å². The number of hydrogen-bond donors (Lipinski definition) is 2. The molecule has 170 valence electrons. The van der Waals surface area contributed by atoms with Crippen LogP contribution in [0, 0.1) is 11.3 Å². The lowest BCUT2D eigenvalue weighted by molar-refractivity contribution is -0.138. The molecule has 0 aromatic heterocycles. The average Bonchev–Trinajstić information content (AvgIpc) is 3.12. The molecule has 3 aliphatic rings. The van der Waals surface area contributed by atoms with Crippen molar-refractivity contribution in [2.45, 2.75) is 49.8 Å². The van der Waals surface area contributed by atoms with Gasteiger partial charge < -0.3 is 20.3 Å². The van der Waals surface area contributed by atoms with Crippen LogP contribution in [0.25, 0.3) is 11.1 Å². The van der Waals surface area contributed by atoms with Gasteiger partial charge in [0.15, 0.2) is 0 Å². The van der Waals surface area contributed by atoms with Crippen molar-refractivity contribution in [1.82, 2.24) is 10.6 Å². The third-order valence-electron chi connectivity index (χ3n) is 7.17. The van der Waals surface area contributed by atoms with E-state index in [1.54, 1.807) is 11.9 Å². The summed E-state index contributed by atoms with van der Waals surface area (Å²) in [7, 11) is 1.81. The Kier molecular flexibility index (Phi) is 5.65. The molecule has 2 amide bonds. The zero-order valence-corrected chi connectivity index (χ0v) is 18.8. The van der Waals surface area contributed by atoms with Crippen LogP contribution in [0.4, 0.5) is 5.69 Å². The molecular formula is C26H28N4O3. The summed E-state index contributed by atoms with van der Waals surface area (Å²) in [5.74, 6) is 0.0109. The van der Waals surface area contributed by atoms with Crippen LogP contribution in [-0.4, -0.2) is 49.7 Å². The largest absolute Gasteiger partial charge is 0.378 e. The molecule has 2 N–H and O–H groups in total. The average molecular weight is 445 g/mol. The summed E-state index contributed by atoms with van der Waals surface area (Å²) in [5.41, 5.74) is 4.47. The van der Waals surface area contributed by atoms with Crippen LogP contribution >= 0.6 is 0 Å². The predicted octanol–water partition coefficient (Wildman–Crippen LogP) is 2.33. The molecule has 0 radical (unpaired) electrons. The van der Waals surface area contributed by atoms with Crippen molar-refractivity contribution < 1.29 is 14.3 Å². The second-order valence-corrected chi connectivity index (χ2v) is 9.27. The van der Waals surface area contributed by atoms with Gasteiger partial charge in [0.25, 0.3) is 0 Å². The van der Waals surface area contributed by atoms with Gasteiger partial charge in [0.05, 0.1) is 18.6 Å². The summed E-state index contributed by atoms with van der Waals surface area (Å²) in [6.07, 6.45) is 3.23. The third kappa shape index (κ3) is 4.12. The predicted molar refractivity (Wildman–Crippen MR) is 125 cm³/mol. The van der Waals surface area contributed by atoms with Crippen LogP contribution < -0.4 is 15.5 Å². The molecule has 2 saturated heterocycles. The first-order valence-corrected chi connectivity index (χ1v) is 11.5. The number of nitriles is 1. The Labute approximate surface area is 193 Å². The lowest BCUT2D eigenvalue weighted by Gasteiger charge is -2.44. The second kappa shape index (κ2) is 8.62. The Balaban J connectivity index is 1.26. The first-order valence-electron chi connectivity index (χ1n) is 11.5. The second-order valence-electron chi connectivity index (χ2n) is 9.27. The number of piperidine rings is 1. The highest BCUT2D eigenvalue weighted by Crippen LogP contribution is 2.33. The lowest BCUT2D eigenvalue weighted by Crippen LogP contribution is -2.65. The van der Waals surface area contributed by atoms with Crippen molar-refractivity contribution in [3.63, 3.8) is 0 Å². The number of carbonyl (C=O) groups excluding carboxylic acids is 2. The topological polar surface area (TPSA) is 94.5 Å². The van der Waals surface area contributed by atoms with E-state index < -0.39 is 11.6 Å². The van der Waals surface area contributed by atoms with Gasteiger partial charge in [0, 0.05) is 32.2 Å². The number of amides is 2. The molecule has 0 saturated carbocycles. The van der Waals surface area contributed by atoms with E-state index in [0.717, 1.165) is 40.9 Å². The van der Waals surface area contributed by atoms with Crippen LogP contribution in [-0.2, 0) is 27.2 Å². The number of nitrogens with zero attached hydrogens (tertiary/aromatic N) is 2. The molecule has 2 fully saturated rings. The van der Waals surface area contributed by atoms with Gasteiger partial charge >= 0.3 is 0 Å². The number of rotatable bonds is 5. The number of ether oxygens (including phenoxy) is 1. The van der Waals surface area contributed by atoms with E-state index in [1.165, 1.54) is 0 Å². The summed E-state index contributed by atoms with van der Waals surface area (Å²) in [4.78, 5) is 26.7. The highest BCUT2D eigenvalue weighted by atomic mass is 16.5. The Morgan fingerprint density at radius 3 is 2.88 bits per heavy atom. The molecule has 3 aliphatic heterocycles. The van der Waals surface area contributed by atoms with E-state index >= 15 is 0 Å². The number of fused-ring (bicyclic) bond motifs is 3. The summed E-state index contributed by atoms with van der Waals surface area (Å²) in [5, 5.41) is 16.0. The van der Waals surface area contributed by atoms with Gasteiger partial charge in [0.1, 0.15) is 11.6 Å². The molecule has 0 spiro atoms. The molecule has 7 nitrogen and oxygen atoms in total. The standard InChI is InChI=1S/C26H28N4O3/c1-30-23-13-19(6-7-20(23)14-24(30)31)18-4-2-17(3-5-18)12-21(16-27)29-25(32)26-9-11-33-22(15-26)8-10-28-26/h2-7,13,21-22,28H,8-12,14-15H2,1H3,(H,29,32)/t21-,22?,26?/m0/s1. The van der Waals surface area contributed by atoms with Crippen LogP contribution in [0.2, 0.25) is 0 Å². The van der Waals surface area contributed by atoms with Crippen LogP contribution in [0.5, 0.6) is 0 Å². The highest BCUT2D eigenvalue weighted by molar-refractivity contribution is 6.01. The van der Waals surface area contributed by atoms with Crippen LogP contribution in [0.1, 0.15) is 30.4 Å². The van der Waals surface area contributed by atoms with E-state index in [9.17, 15) is 14.9 Å². The Hall–Kier alpha value is -3.21. The van der Waals surface area contributed by atoms with Gasteiger partial charge in [-0.1, -0.05) is 36.4 Å². The number of carbonyl (C=O) groups is 2. The smallest absolute Gasteiger partial charge is 0.241 e. The molecule has 2 unspecified atom stereocenters. The highest BCUT2D eigenvalue weighted by Gasteiger charge is 2.46. The Morgan fingerprint density at radius 1 is 1.30 bits per heavy atom.